The fourth-order valence-electron chi connectivity index (χ4n) is 2.52. The summed E-state index contributed by atoms with van der Waals surface area (Å²) in [6, 6.07) is 11.8. The minimum atomic E-state index is -4.68. The van der Waals surface area contributed by atoms with Crippen LogP contribution in [-0.4, -0.2) is 32.7 Å². The lowest BCUT2D eigenvalue weighted by atomic mass is 9.87. The summed E-state index contributed by atoms with van der Waals surface area (Å²) in [5.74, 6) is -3.28. The van der Waals surface area contributed by atoms with E-state index >= 15 is 0 Å². The molecule has 2 rings (SSSR count). The Balaban J connectivity index is 1.92. The van der Waals surface area contributed by atoms with Gasteiger partial charge in [0.25, 0.3) is 5.91 Å². The van der Waals surface area contributed by atoms with Gasteiger partial charge in [0.1, 0.15) is 12.4 Å². The number of halogens is 2. The molecule has 1 N–H and O–H groups in total. The number of hydrogen-bond donors (Lipinski definition) is 1. The summed E-state index contributed by atoms with van der Waals surface area (Å²) in [4.78, 5) is 11.7. The smallest absolute Gasteiger partial charge is 0.341 e. The van der Waals surface area contributed by atoms with Crippen molar-refractivity contribution in [1.29, 1.82) is 0 Å². The van der Waals surface area contributed by atoms with Crippen molar-refractivity contribution in [2.45, 2.75) is 49.8 Å². The molecule has 0 aliphatic rings. The third-order valence-electron chi connectivity index (χ3n) is 4.28. The summed E-state index contributed by atoms with van der Waals surface area (Å²) in [5.41, 5.74) is 1.40. The zero-order valence-corrected chi connectivity index (χ0v) is 17.6. The molecule has 0 aromatic heterocycles. The molecule has 0 heterocycles. The number of carbonyl (C=O) groups is 1. The van der Waals surface area contributed by atoms with Crippen LogP contribution >= 0.6 is 0 Å². The zero-order chi connectivity index (χ0) is 21.8. The van der Waals surface area contributed by atoms with Crippen LogP contribution in [0, 0.1) is 0 Å². The van der Waals surface area contributed by atoms with Gasteiger partial charge in [-0.25, -0.2) is 8.42 Å². The first-order valence-electron chi connectivity index (χ1n) is 9.07. The summed E-state index contributed by atoms with van der Waals surface area (Å²) in [7, 11) is -4.68. The van der Waals surface area contributed by atoms with E-state index in [0.29, 0.717) is 5.75 Å². The molecule has 1 amide bonds. The van der Waals surface area contributed by atoms with Crippen LogP contribution in [0.1, 0.15) is 43.6 Å². The standard InChI is InChI=1S/C21H25F2NO4S/c1-14(13-28-17-9-7-16(8-10-17)21(2,3)4)24-19(25)15-5-11-18(12-6-15)29(26,27)20(22)23/h5-12,14,20H,13H2,1-4H3,(H,24,25). The highest BCUT2D eigenvalue weighted by atomic mass is 32.2. The third kappa shape index (κ3) is 6.00. The topological polar surface area (TPSA) is 72.5 Å². The molecule has 1 atom stereocenters. The van der Waals surface area contributed by atoms with Gasteiger partial charge in [-0.1, -0.05) is 32.9 Å². The van der Waals surface area contributed by atoms with Gasteiger partial charge in [-0.15, -0.1) is 0 Å². The van der Waals surface area contributed by atoms with Crippen LogP contribution in [0.3, 0.4) is 0 Å². The average Bonchev–Trinajstić information content (AvgIpc) is 2.66. The maximum atomic E-state index is 12.6. The first-order chi connectivity index (χ1) is 13.4. The second kappa shape index (κ2) is 8.90. The van der Waals surface area contributed by atoms with Gasteiger partial charge in [-0.3, -0.25) is 4.79 Å². The van der Waals surface area contributed by atoms with Crippen LogP contribution in [0.15, 0.2) is 53.4 Å². The van der Waals surface area contributed by atoms with E-state index in [1.807, 2.05) is 24.3 Å². The lowest BCUT2D eigenvalue weighted by molar-refractivity contribution is 0.0926. The number of sulfone groups is 1. The second-order valence-electron chi connectivity index (χ2n) is 7.79. The van der Waals surface area contributed by atoms with E-state index in [-0.39, 0.29) is 23.6 Å². The lowest BCUT2D eigenvalue weighted by Gasteiger charge is -2.20. The molecule has 0 spiro atoms. The highest BCUT2D eigenvalue weighted by Crippen LogP contribution is 2.24. The van der Waals surface area contributed by atoms with E-state index in [4.69, 9.17) is 4.74 Å². The van der Waals surface area contributed by atoms with E-state index in [1.54, 1.807) is 6.92 Å². The van der Waals surface area contributed by atoms with Gasteiger partial charge in [0, 0.05) is 5.56 Å². The first kappa shape index (κ1) is 22.8. The molecule has 2 aromatic rings. The zero-order valence-electron chi connectivity index (χ0n) is 16.8. The van der Waals surface area contributed by atoms with E-state index in [1.165, 1.54) is 17.7 Å². The molecule has 0 bridgehead atoms. The Morgan fingerprint density at radius 3 is 2.07 bits per heavy atom. The van der Waals surface area contributed by atoms with Crippen molar-refractivity contribution in [2.75, 3.05) is 6.61 Å². The van der Waals surface area contributed by atoms with Gasteiger partial charge in [-0.2, -0.15) is 8.78 Å². The molecule has 0 saturated heterocycles. The number of rotatable bonds is 7. The van der Waals surface area contributed by atoms with Crippen LogP contribution in [0.2, 0.25) is 0 Å². The van der Waals surface area contributed by atoms with Gasteiger partial charge < -0.3 is 10.1 Å². The highest BCUT2D eigenvalue weighted by Gasteiger charge is 2.26. The quantitative estimate of drug-likeness (QED) is 0.722. The number of hydrogen-bond acceptors (Lipinski definition) is 4. The molecule has 158 valence electrons. The van der Waals surface area contributed by atoms with E-state index in [9.17, 15) is 22.0 Å². The number of carbonyl (C=O) groups excluding carboxylic acids is 1. The normalized spacial score (nSPS) is 13.2. The van der Waals surface area contributed by atoms with Gasteiger partial charge in [0.05, 0.1) is 10.9 Å². The summed E-state index contributed by atoms with van der Waals surface area (Å²) < 4.78 is 53.6. The third-order valence-corrected chi connectivity index (χ3v) is 5.68. The molecule has 0 radical (unpaired) electrons. The predicted molar refractivity (Wildman–Crippen MR) is 107 cm³/mol. The van der Waals surface area contributed by atoms with Gasteiger partial charge >= 0.3 is 5.76 Å². The monoisotopic (exact) mass is 425 g/mol. The largest absolute Gasteiger partial charge is 0.491 e. The predicted octanol–water partition coefficient (Wildman–Crippen LogP) is 4.18. The van der Waals surface area contributed by atoms with Crippen molar-refractivity contribution in [3.8, 4) is 5.75 Å². The molecular weight excluding hydrogens is 400 g/mol. The number of alkyl halides is 2. The summed E-state index contributed by atoms with van der Waals surface area (Å²) in [6.07, 6.45) is 0. The molecule has 0 fully saturated rings. The Morgan fingerprint density at radius 2 is 1.59 bits per heavy atom. The summed E-state index contributed by atoms with van der Waals surface area (Å²) >= 11 is 0. The Morgan fingerprint density at radius 1 is 1.03 bits per heavy atom. The Labute approximate surface area is 170 Å². The number of amides is 1. The van der Waals surface area contributed by atoms with Gasteiger partial charge in [0.15, 0.2) is 0 Å². The van der Waals surface area contributed by atoms with Crippen LogP contribution < -0.4 is 10.1 Å². The lowest BCUT2D eigenvalue weighted by Crippen LogP contribution is -2.36. The number of nitrogens with one attached hydrogen (secondary N) is 1. The summed E-state index contributed by atoms with van der Waals surface area (Å²) in [6.45, 7) is 8.36. The molecule has 8 heteroatoms. The molecule has 0 aliphatic carbocycles. The summed E-state index contributed by atoms with van der Waals surface area (Å²) in [5, 5.41) is 2.72. The van der Waals surface area contributed by atoms with Crippen molar-refractivity contribution in [1.82, 2.24) is 5.32 Å². The van der Waals surface area contributed by atoms with E-state index in [2.05, 4.69) is 26.1 Å². The fraction of sp³-hybridized carbons (Fsp3) is 0.381. The number of ether oxygens (including phenoxy) is 1. The van der Waals surface area contributed by atoms with Crippen molar-refractivity contribution in [2.24, 2.45) is 0 Å². The van der Waals surface area contributed by atoms with Crippen LogP contribution in [0.5, 0.6) is 5.75 Å². The Hall–Kier alpha value is -2.48. The van der Waals surface area contributed by atoms with Crippen LogP contribution in [0.4, 0.5) is 8.78 Å². The minimum absolute atomic E-state index is 0.0456. The molecule has 0 aliphatic heterocycles. The minimum Gasteiger partial charge on any atom is -0.491 e. The molecule has 0 saturated carbocycles. The maximum Gasteiger partial charge on any atom is 0.341 e. The maximum absolute atomic E-state index is 12.6. The molecular formula is C21H25F2NO4S. The van der Waals surface area contributed by atoms with E-state index < -0.39 is 26.4 Å². The van der Waals surface area contributed by atoms with Crippen LogP contribution in [0.25, 0.3) is 0 Å². The molecule has 29 heavy (non-hydrogen) atoms. The SMILES string of the molecule is CC(COc1ccc(C(C)(C)C)cc1)NC(=O)c1ccc(S(=O)(=O)C(F)F)cc1. The van der Waals surface area contributed by atoms with Crippen molar-refractivity contribution < 1.29 is 26.7 Å². The fourth-order valence-corrected chi connectivity index (χ4v) is 3.24. The molecule has 5 nitrogen and oxygen atoms in total. The highest BCUT2D eigenvalue weighted by molar-refractivity contribution is 7.91. The van der Waals surface area contributed by atoms with Crippen molar-refractivity contribution >= 4 is 15.7 Å². The van der Waals surface area contributed by atoms with Gasteiger partial charge in [-0.05, 0) is 54.3 Å². The van der Waals surface area contributed by atoms with E-state index in [0.717, 1.165) is 12.1 Å². The number of benzene rings is 2. The molecule has 1 unspecified atom stereocenters. The Bertz CT molecular complexity index is 934. The van der Waals surface area contributed by atoms with Crippen molar-refractivity contribution in [3.05, 3.63) is 59.7 Å². The average molecular weight is 425 g/mol. The van der Waals surface area contributed by atoms with Crippen molar-refractivity contribution in [3.63, 3.8) is 0 Å². The first-order valence-corrected chi connectivity index (χ1v) is 10.6. The Kier molecular flexibility index (Phi) is 7.00. The second-order valence-corrected chi connectivity index (χ2v) is 9.71. The molecule has 2 aromatic carbocycles. The van der Waals surface area contributed by atoms with Gasteiger partial charge in [0.2, 0.25) is 9.84 Å². The van der Waals surface area contributed by atoms with Crippen LogP contribution in [-0.2, 0) is 15.3 Å².